The lowest BCUT2D eigenvalue weighted by Crippen LogP contribution is -2.49. The van der Waals surface area contributed by atoms with E-state index < -0.39 is 23.4 Å². The summed E-state index contributed by atoms with van der Waals surface area (Å²) in [5, 5.41) is 9.50. The van der Waals surface area contributed by atoms with E-state index in [-0.39, 0.29) is 24.4 Å². The van der Waals surface area contributed by atoms with Crippen LogP contribution in [0.3, 0.4) is 0 Å². The summed E-state index contributed by atoms with van der Waals surface area (Å²) in [5.74, 6) is 0. The smallest absolute Gasteiger partial charge is 0.410 e. The minimum atomic E-state index is -0.656. The van der Waals surface area contributed by atoms with Crippen LogP contribution in [0.25, 0.3) is 0 Å². The predicted molar refractivity (Wildman–Crippen MR) is 118 cm³/mol. The van der Waals surface area contributed by atoms with Gasteiger partial charge in [0.1, 0.15) is 11.2 Å². The number of thioether (sulfide) groups is 1. The highest BCUT2D eigenvalue weighted by atomic mass is 32.2. The van der Waals surface area contributed by atoms with E-state index in [2.05, 4.69) is 0 Å². The largest absolute Gasteiger partial charge is 0.444 e. The van der Waals surface area contributed by atoms with E-state index in [4.69, 9.17) is 9.47 Å². The highest BCUT2D eigenvalue weighted by molar-refractivity contribution is 8.00. The molecule has 1 fully saturated rings. The maximum absolute atomic E-state index is 12.9. The van der Waals surface area contributed by atoms with Gasteiger partial charge in [-0.2, -0.15) is 0 Å². The maximum Gasteiger partial charge on any atom is 0.410 e. The number of ether oxygens (including phenoxy) is 2. The lowest BCUT2D eigenvalue weighted by molar-refractivity contribution is 0.0103. The molecule has 0 aromatic heterocycles. The Morgan fingerprint density at radius 1 is 1.07 bits per heavy atom. The Balaban J connectivity index is 2.27. The van der Waals surface area contributed by atoms with E-state index in [9.17, 15) is 14.7 Å². The van der Waals surface area contributed by atoms with E-state index in [1.807, 2.05) is 51.1 Å². The monoisotopic (exact) mass is 438 g/mol. The molecular formula is C22H34N2O5S. The molecule has 1 aliphatic heterocycles. The second-order valence-corrected chi connectivity index (χ2v) is 10.6. The van der Waals surface area contributed by atoms with Crippen molar-refractivity contribution in [2.45, 2.75) is 68.9 Å². The molecule has 0 unspecified atom stereocenters. The predicted octanol–water partition coefficient (Wildman–Crippen LogP) is 4.00. The Bertz CT molecular complexity index is 714. The Labute approximate surface area is 183 Å². The van der Waals surface area contributed by atoms with Gasteiger partial charge in [-0.15, -0.1) is 11.8 Å². The van der Waals surface area contributed by atoms with Crippen LogP contribution in [0.5, 0.6) is 0 Å². The highest BCUT2D eigenvalue weighted by Crippen LogP contribution is 2.33. The van der Waals surface area contributed by atoms with Crippen LogP contribution >= 0.6 is 11.8 Å². The van der Waals surface area contributed by atoms with E-state index in [1.165, 1.54) is 4.90 Å². The lowest BCUT2D eigenvalue weighted by atomic mass is 10.2. The Morgan fingerprint density at radius 2 is 1.67 bits per heavy atom. The van der Waals surface area contributed by atoms with Crippen LogP contribution in [0.2, 0.25) is 0 Å². The van der Waals surface area contributed by atoms with Crippen molar-refractivity contribution < 1.29 is 24.2 Å². The number of aliphatic hydroxyl groups is 1. The minimum Gasteiger partial charge on any atom is -0.444 e. The summed E-state index contributed by atoms with van der Waals surface area (Å²) in [6.07, 6.45) is -0.900. The number of aliphatic hydroxyl groups excluding tert-OH is 1. The molecule has 2 rings (SSSR count). The number of hydrogen-bond donors (Lipinski definition) is 1. The lowest BCUT2D eigenvalue weighted by Gasteiger charge is -2.33. The molecule has 2 atom stereocenters. The fourth-order valence-electron chi connectivity index (χ4n) is 3.14. The standard InChI is InChI=1S/C22H34N2O5S/c1-21(2,3)28-19(26)23-14-17(18(15-23)30-16-10-8-7-9-11-16)24(12-13-25)20(27)29-22(4,5)6/h7-11,17-18,25H,12-15H2,1-6H3/t17-,18-/m0/s1. The first kappa shape index (κ1) is 24.3. The molecule has 7 nitrogen and oxygen atoms in total. The van der Waals surface area contributed by atoms with Crippen molar-refractivity contribution in [1.29, 1.82) is 0 Å². The summed E-state index contributed by atoms with van der Waals surface area (Å²) in [6.45, 7) is 11.6. The molecule has 1 heterocycles. The summed E-state index contributed by atoms with van der Waals surface area (Å²) in [4.78, 5) is 29.8. The van der Waals surface area contributed by atoms with Gasteiger partial charge in [-0.3, -0.25) is 4.90 Å². The number of likely N-dealkylation sites (tertiary alicyclic amines) is 1. The topological polar surface area (TPSA) is 79.3 Å². The third-order valence-corrected chi connectivity index (χ3v) is 5.60. The van der Waals surface area contributed by atoms with Gasteiger partial charge in [0.15, 0.2) is 0 Å². The van der Waals surface area contributed by atoms with Gasteiger partial charge in [0, 0.05) is 29.8 Å². The molecule has 168 valence electrons. The molecule has 2 amide bonds. The van der Waals surface area contributed by atoms with Gasteiger partial charge in [0.2, 0.25) is 0 Å². The first-order chi connectivity index (χ1) is 13.9. The summed E-state index contributed by atoms with van der Waals surface area (Å²) in [6, 6.07) is 9.55. The van der Waals surface area contributed by atoms with Gasteiger partial charge in [0.25, 0.3) is 0 Å². The fourth-order valence-corrected chi connectivity index (χ4v) is 4.45. The quantitative estimate of drug-likeness (QED) is 0.749. The van der Waals surface area contributed by atoms with Crippen LogP contribution in [-0.4, -0.2) is 75.8 Å². The van der Waals surface area contributed by atoms with Crippen molar-refractivity contribution in [3.63, 3.8) is 0 Å². The fraction of sp³-hybridized carbons (Fsp3) is 0.636. The number of nitrogens with zero attached hydrogens (tertiary/aromatic N) is 2. The van der Waals surface area contributed by atoms with Crippen LogP contribution in [0.15, 0.2) is 35.2 Å². The van der Waals surface area contributed by atoms with Gasteiger partial charge in [0.05, 0.1) is 12.6 Å². The van der Waals surface area contributed by atoms with Crippen LogP contribution in [0.1, 0.15) is 41.5 Å². The molecule has 0 spiro atoms. The second-order valence-electron chi connectivity index (χ2n) is 9.32. The van der Waals surface area contributed by atoms with Gasteiger partial charge in [-0.25, -0.2) is 9.59 Å². The summed E-state index contributed by atoms with van der Waals surface area (Å²) >= 11 is 1.61. The van der Waals surface area contributed by atoms with Crippen LogP contribution < -0.4 is 0 Å². The number of hydrogen-bond acceptors (Lipinski definition) is 6. The molecule has 1 aliphatic rings. The van der Waals surface area contributed by atoms with Gasteiger partial charge >= 0.3 is 12.2 Å². The average Bonchev–Trinajstić information content (AvgIpc) is 3.01. The van der Waals surface area contributed by atoms with Gasteiger partial charge < -0.3 is 19.5 Å². The molecule has 0 saturated carbocycles. The molecule has 0 radical (unpaired) electrons. The highest BCUT2D eigenvalue weighted by Gasteiger charge is 2.43. The summed E-state index contributed by atoms with van der Waals surface area (Å²) < 4.78 is 11.1. The zero-order chi connectivity index (χ0) is 22.5. The van der Waals surface area contributed by atoms with Crippen LogP contribution in [0.4, 0.5) is 9.59 Å². The van der Waals surface area contributed by atoms with Crippen molar-refractivity contribution in [1.82, 2.24) is 9.80 Å². The zero-order valence-electron chi connectivity index (χ0n) is 18.8. The maximum atomic E-state index is 12.9. The number of benzene rings is 1. The van der Waals surface area contributed by atoms with E-state index in [0.29, 0.717) is 13.1 Å². The van der Waals surface area contributed by atoms with Gasteiger partial charge in [-0.1, -0.05) is 18.2 Å². The number of rotatable bonds is 5. The zero-order valence-corrected chi connectivity index (χ0v) is 19.6. The number of carbonyl (C=O) groups excluding carboxylic acids is 2. The van der Waals surface area contributed by atoms with Crippen LogP contribution in [0, 0.1) is 0 Å². The molecule has 1 aromatic rings. The Morgan fingerprint density at radius 3 is 2.20 bits per heavy atom. The van der Waals surface area contributed by atoms with E-state index in [0.717, 1.165) is 4.90 Å². The third kappa shape index (κ3) is 7.40. The van der Waals surface area contributed by atoms with E-state index in [1.54, 1.807) is 37.4 Å². The molecule has 1 saturated heterocycles. The number of carbonyl (C=O) groups is 2. The van der Waals surface area contributed by atoms with Crippen molar-refractivity contribution in [3.8, 4) is 0 Å². The van der Waals surface area contributed by atoms with E-state index >= 15 is 0 Å². The summed E-state index contributed by atoms with van der Waals surface area (Å²) in [5.41, 5.74) is -1.26. The normalized spacial score (nSPS) is 19.5. The second kappa shape index (κ2) is 9.92. The molecule has 0 bridgehead atoms. The van der Waals surface area contributed by atoms with Crippen molar-refractivity contribution in [3.05, 3.63) is 30.3 Å². The van der Waals surface area contributed by atoms with Crippen molar-refractivity contribution in [2.24, 2.45) is 0 Å². The first-order valence-electron chi connectivity index (χ1n) is 10.2. The molecule has 30 heavy (non-hydrogen) atoms. The Kier molecular flexibility index (Phi) is 8.05. The first-order valence-corrected chi connectivity index (χ1v) is 11.1. The molecular weight excluding hydrogens is 404 g/mol. The third-order valence-electron chi connectivity index (χ3n) is 4.29. The SMILES string of the molecule is CC(C)(C)OC(=O)N1C[C@H](Sc2ccccc2)[C@@H](N(CCO)C(=O)OC(C)(C)C)C1. The van der Waals surface area contributed by atoms with Gasteiger partial charge in [-0.05, 0) is 53.7 Å². The molecule has 1 N–H and O–H groups in total. The number of amides is 2. The molecule has 8 heteroatoms. The van der Waals surface area contributed by atoms with Crippen LogP contribution in [-0.2, 0) is 9.47 Å². The molecule has 0 aliphatic carbocycles. The Hall–Kier alpha value is -1.93. The summed E-state index contributed by atoms with van der Waals surface area (Å²) in [7, 11) is 0. The van der Waals surface area contributed by atoms with Crippen molar-refractivity contribution in [2.75, 3.05) is 26.2 Å². The minimum absolute atomic E-state index is 0.0843. The molecule has 1 aromatic carbocycles. The van der Waals surface area contributed by atoms with Crippen molar-refractivity contribution >= 4 is 23.9 Å². The average molecular weight is 439 g/mol.